The standard InChI is InChI=1S/C24H25FN6O2/c1-3-20(32)31-17-7-4-15(5-8-17)22-21(23(26)29-13-28-22)16-6-9-19(18(25)12-16)33-24-27-11-10-14(2)30-24/h3,6,9-13,15,17H,1,4-5,7-8H2,2H3,(H,31,32)(H2,26,28,29). The largest absolute Gasteiger partial charge is 0.421 e. The molecule has 1 aromatic carbocycles. The normalized spacial score (nSPS) is 17.9. The van der Waals surface area contributed by atoms with E-state index in [1.165, 1.54) is 24.5 Å². The summed E-state index contributed by atoms with van der Waals surface area (Å²) >= 11 is 0. The van der Waals surface area contributed by atoms with E-state index >= 15 is 0 Å². The van der Waals surface area contributed by atoms with Crippen molar-refractivity contribution in [1.82, 2.24) is 25.3 Å². The smallest absolute Gasteiger partial charge is 0.322 e. The number of aromatic nitrogens is 4. The monoisotopic (exact) mass is 448 g/mol. The molecule has 9 heteroatoms. The SMILES string of the molecule is C=CC(=O)NC1CCC(c2ncnc(N)c2-c2ccc(Oc3nccc(C)n3)c(F)c2)CC1. The first-order chi connectivity index (χ1) is 15.9. The van der Waals surface area contributed by atoms with Crippen molar-refractivity contribution in [2.75, 3.05) is 5.73 Å². The lowest BCUT2D eigenvalue weighted by Gasteiger charge is -2.29. The highest BCUT2D eigenvalue weighted by Crippen LogP contribution is 2.39. The van der Waals surface area contributed by atoms with Crippen LogP contribution in [0.3, 0.4) is 0 Å². The number of ether oxygens (including phenoxy) is 1. The van der Waals surface area contributed by atoms with Crippen LogP contribution in [0.2, 0.25) is 0 Å². The van der Waals surface area contributed by atoms with Gasteiger partial charge in [0.05, 0.1) is 5.69 Å². The third kappa shape index (κ3) is 5.14. The summed E-state index contributed by atoms with van der Waals surface area (Å²) < 4.78 is 20.4. The summed E-state index contributed by atoms with van der Waals surface area (Å²) in [7, 11) is 0. The second-order valence-corrected chi connectivity index (χ2v) is 8.01. The van der Waals surface area contributed by atoms with Gasteiger partial charge in [-0.15, -0.1) is 0 Å². The first-order valence-corrected chi connectivity index (χ1v) is 10.7. The van der Waals surface area contributed by atoms with E-state index in [9.17, 15) is 9.18 Å². The van der Waals surface area contributed by atoms with Gasteiger partial charge in [0.2, 0.25) is 5.91 Å². The Labute approximate surface area is 191 Å². The molecule has 0 bridgehead atoms. The predicted molar refractivity (Wildman–Crippen MR) is 122 cm³/mol. The van der Waals surface area contributed by atoms with Gasteiger partial charge >= 0.3 is 6.01 Å². The van der Waals surface area contributed by atoms with E-state index < -0.39 is 5.82 Å². The van der Waals surface area contributed by atoms with Crippen molar-refractivity contribution in [1.29, 1.82) is 0 Å². The van der Waals surface area contributed by atoms with E-state index in [-0.39, 0.29) is 35.4 Å². The Morgan fingerprint density at radius 1 is 1.21 bits per heavy atom. The van der Waals surface area contributed by atoms with E-state index in [0.29, 0.717) is 11.1 Å². The molecule has 170 valence electrons. The van der Waals surface area contributed by atoms with Gasteiger partial charge < -0.3 is 15.8 Å². The van der Waals surface area contributed by atoms with Crippen LogP contribution in [0.15, 0.2) is 49.4 Å². The quantitative estimate of drug-likeness (QED) is 0.546. The fraction of sp³-hybridized carbons (Fsp3) is 0.292. The van der Waals surface area contributed by atoms with Crippen LogP contribution < -0.4 is 15.8 Å². The highest BCUT2D eigenvalue weighted by molar-refractivity contribution is 5.87. The van der Waals surface area contributed by atoms with Gasteiger partial charge in [0, 0.05) is 29.4 Å². The van der Waals surface area contributed by atoms with Gasteiger partial charge in [-0.25, -0.2) is 24.3 Å². The summed E-state index contributed by atoms with van der Waals surface area (Å²) in [6.45, 7) is 5.29. The average Bonchev–Trinajstić information content (AvgIpc) is 2.81. The van der Waals surface area contributed by atoms with Crippen LogP contribution in [-0.2, 0) is 4.79 Å². The molecule has 3 aromatic rings. The third-order valence-electron chi connectivity index (χ3n) is 5.75. The lowest BCUT2D eigenvalue weighted by Crippen LogP contribution is -2.36. The number of nitrogens with one attached hydrogen (secondary N) is 1. The van der Waals surface area contributed by atoms with Crippen molar-refractivity contribution in [2.45, 2.75) is 44.6 Å². The summed E-state index contributed by atoms with van der Waals surface area (Å²) in [6, 6.07) is 6.51. The Balaban J connectivity index is 1.57. The number of nitrogen functional groups attached to an aromatic ring is 1. The van der Waals surface area contributed by atoms with E-state index in [2.05, 4.69) is 31.8 Å². The number of aryl methyl sites for hydroxylation is 1. The van der Waals surface area contributed by atoms with Gasteiger partial charge in [0.25, 0.3) is 0 Å². The lowest BCUT2D eigenvalue weighted by molar-refractivity contribution is -0.117. The Morgan fingerprint density at radius 3 is 2.70 bits per heavy atom. The summed E-state index contributed by atoms with van der Waals surface area (Å²) in [4.78, 5) is 28.4. The molecule has 2 heterocycles. The summed E-state index contributed by atoms with van der Waals surface area (Å²) in [6.07, 6.45) is 7.52. The maximum absolute atomic E-state index is 14.9. The number of amides is 1. The van der Waals surface area contributed by atoms with Crippen LogP contribution in [-0.4, -0.2) is 31.9 Å². The average molecular weight is 449 g/mol. The van der Waals surface area contributed by atoms with E-state index in [0.717, 1.165) is 37.1 Å². The number of anilines is 1. The Morgan fingerprint density at radius 2 is 2.00 bits per heavy atom. The minimum Gasteiger partial charge on any atom is -0.421 e. The number of hydrogen-bond donors (Lipinski definition) is 2. The number of benzene rings is 1. The molecule has 4 rings (SSSR count). The van der Waals surface area contributed by atoms with Gasteiger partial charge in [-0.3, -0.25) is 4.79 Å². The molecule has 0 saturated heterocycles. The first-order valence-electron chi connectivity index (χ1n) is 10.7. The van der Waals surface area contributed by atoms with E-state index in [1.807, 2.05) is 0 Å². The zero-order valence-electron chi connectivity index (χ0n) is 18.3. The van der Waals surface area contributed by atoms with Crippen LogP contribution >= 0.6 is 0 Å². The minimum absolute atomic E-state index is 0.0137. The Kier molecular flexibility index (Phi) is 6.58. The topological polar surface area (TPSA) is 116 Å². The van der Waals surface area contributed by atoms with Crippen molar-refractivity contribution in [3.63, 3.8) is 0 Å². The Hall–Kier alpha value is -3.88. The van der Waals surface area contributed by atoms with Crippen LogP contribution in [0.4, 0.5) is 10.2 Å². The molecule has 3 N–H and O–H groups in total. The second kappa shape index (κ2) is 9.72. The lowest BCUT2D eigenvalue weighted by atomic mass is 9.81. The van der Waals surface area contributed by atoms with Gasteiger partial charge in [-0.1, -0.05) is 12.6 Å². The molecular formula is C24H25FN6O2. The summed E-state index contributed by atoms with van der Waals surface area (Å²) in [5, 5.41) is 2.95. The van der Waals surface area contributed by atoms with Crippen molar-refractivity contribution in [2.24, 2.45) is 0 Å². The van der Waals surface area contributed by atoms with Crippen LogP contribution in [0.5, 0.6) is 11.8 Å². The molecule has 33 heavy (non-hydrogen) atoms. The van der Waals surface area contributed by atoms with Crippen LogP contribution in [0, 0.1) is 12.7 Å². The van der Waals surface area contributed by atoms with Crippen molar-refractivity contribution in [3.05, 3.63) is 66.6 Å². The second-order valence-electron chi connectivity index (χ2n) is 8.01. The molecule has 1 amide bonds. The molecule has 0 spiro atoms. The molecule has 8 nitrogen and oxygen atoms in total. The molecule has 1 aliphatic carbocycles. The molecule has 0 unspecified atom stereocenters. The predicted octanol–water partition coefficient (Wildman–Crippen LogP) is 4.08. The van der Waals surface area contributed by atoms with Crippen LogP contribution in [0.25, 0.3) is 11.1 Å². The third-order valence-corrected chi connectivity index (χ3v) is 5.75. The molecule has 0 aliphatic heterocycles. The van der Waals surface area contributed by atoms with Crippen molar-refractivity contribution >= 4 is 11.7 Å². The number of nitrogens with two attached hydrogens (primary N) is 1. The number of carbonyl (C=O) groups is 1. The number of carbonyl (C=O) groups excluding carboxylic acids is 1. The molecule has 0 radical (unpaired) electrons. The van der Waals surface area contributed by atoms with E-state index in [4.69, 9.17) is 10.5 Å². The van der Waals surface area contributed by atoms with Gasteiger partial charge in [0.15, 0.2) is 11.6 Å². The van der Waals surface area contributed by atoms with Crippen molar-refractivity contribution in [3.8, 4) is 22.9 Å². The maximum Gasteiger partial charge on any atom is 0.322 e. The van der Waals surface area contributed by atoms with E-state index in [1.54, 1.807) is 25.3 Å². The minimum atomic E-state index is -0.567. The number of rotatable bonds is 6. The highest BCUT2D eigenvalue weighted by Gasteiger charge is 2.27. The molecule has 0 atom stereocenters. The molecule has 2 aromatic heterocycles. The fourth-order valence-corrected chi connectivity index (χ4v) is 4.10. The summed E-state index contributed by atoms with van der Waals surface area (Å²) in [5.41, 5.74) is 8.90. The molecule has 1 saturated carbocycles. The fourth-order valence-electron chi connectivity index (χ4n) is 4.10. The molecule has 1 fully saturated rings. The maximum atomic E-state index is 14.9. The molecular weight excluding hydrogens is 423 g/mol. The van der Waals surface area contributed by atoms with Crippen LogP contribution in [0.1, 0.15) is 43.0 Å². The van der Waals surface area contributed by atoms with Gasteiger partial charge in [-0.2, -0.15) is 0 Å². The van der Waals surface area contributed by atoms with Gasteiger partial charge in [0.1, 0.15) is 12.1 Å². The number of hydrogen-bond acceptors (Lipinski definition) is 7. The summed E-state index contributed by atoms with van der Waals surface area (Å²) in [5.74, 6) is -0.305. The first kappa shape index (κ1) is 22.3. The molecule has 1 aliphatic rings. The van der Waals surface area contributed by atoms with Crippen molar-refractivity contribution < 1.29 is 13.9 Å². The number of nitrogens with zero attached hydrogens (tertiary/aromatic N) is 4. The zero-order valence-corrected chi connectivity index (χ0v) is 18.3. The highest BCUT2D eigenvalue weighted by atomic mass is 19.1. The number of halogens is 1. The Bertz CT molecular complexity index is 1180. The van der Waals surface area contributed by atoms with Gasteiger partial charge in [-0.05, 0) is 62.4 Å². The zero-order chi connectivity index (χ0) is 23.4.